The van der Waals surface area contributed by atoms with Crippen LogP contribution in [0.5, 0.6) is 0 Å². The van der Waals surface area contributed by atoms with Crippen molar-refractivity contribution in [2.45, 2.75) is 0 Å². The first-order valence-corrected chi connectivity index (χ1v) is 1.73. The van der Waals surface area contributed by atoms with Gasteiger partial charge in [-0.25, -0.2) is 0 Å². The van der Waals surface area contributed by atoms with E-state index in [0.717, 1.165) is 0 Å². The van der Waals surface area contributed by atoms with E-state index in [-0.39, 0.29) is 0 Å². The SMILES string of the molecule is NC/C=C\NN. The van der Waals surface area contributed by atoms with E-state index in [1.807, 2.05) is 0 Å². The molecule has 0 aliphatic rings. The third-order valence-corrected chi connectivity index (χ3v) is 0.350. The van der Waals surface area contributed by atoms with Crippen LogP contribution >= 0.6 is 0 Å². The molecule has 0 aromatic heterocycles. The van der Waals surface area contributed by atoms with Crippen LogP contribution < -0.4 is 17.0 Å². The summed E-state index contributed by atoms with van der Waals surface area (Å²) in [6.07, 6.45) is 3.31. The van der Waals surface area contributed by atoms with E-state index in [1.54, 1.807) is 12.3 Å². The summed E-state index contributed by atoms with van der Waals surface area (Å²) in [4.78, 5) is 0. The molecule has 0 fully saturated rings. The Morgan fingerprint density at radius 2 is 2.33 bits per heavy atom. The van der Waals surface area contributed by atoms with Crippen LogP contribution in [0, 0.1) is 0 Å². The molecule has 6 heavy (non-hydrogen) atoms. The predicted octanol–water partition coefficient (Wildman–Crippen LogP) is -1.08. The highest BCUT2D eigenvalue weighted by Crippen LogP contribution is 1.52. The van der Waals surface area contributed by atoms with Gasteiger partial charge in [0.05, 0.1) is 0 Å². The third-order valence-electron chi connectivity index (χ3n) is 0.350. The van der Waals surface area contributed by atoms with Crippen LogP contribution in [-0.4, -0.2) is 6.54 Å². The Balaban J connectivity index is 2.73. The molecule has 0 aromatic rings. The molecule has 0 spiro atoms. The maximum absolute atomic E-state index is 5.03. The standard InChI is InChI=1S/C3H9N3/c4-2-1-3-6-5/h1,3,6H,2,4-5H2/b3-1-. The van der Waals surface area contributed by atoms with Gasteiger partial charge in [0.2, 0.25) is 0 Å². The molecular weight excluding hydrogens is 78.1 g/mol. The van der Waals surface area contributed by atoms with Crippen molar-refractivity contribution >= 4 is 0 Å². The van der Waals surface area contributed by atoms with Crippen LogP contribution in [-0.2, 0) is 0 Å². The second-order valence-corrected chi connectivity index (χ2v) is 0.805. The van der Waals surface area contributed by atoms with Gasteiger partial charge >= 0.3 is 0 Å². The lowest BCUT2D eigenvalue weighted by molar-refractivity contribution is 0.959. The average molecular weight is 87.1 g/mol. The summed E-state index contributed by atoms with van der Waals surface area (Å²) in [5.74, 6) is 4.82. The van der Waals surface area contributed by atoms with Crippen LogP contribution in [0.2, 0.25) is 0 Å². The number of nitrogens with one attached hydrogen (secondary N) is 1. The molecule has 0 amide bonds. The van der Waals surface area contributed by atoms with Crippen molar-refractivity contribution in [3.05, 3.63) is 12.3 Å². The Bertz CT molecular complexity index is 35.3. The van der Waals surface area contributed by atoms with Gasteiger partial charge < -0.3 is 11.2 Å². The van der Waals surface area contributed by atoms with Gasteiger partial charge in [0.15, 0.2) is 0 Å². The van der Waals surface area contributed by atoms with Gasteiger partial charge in [0.25, 0.3) is 0 Å². The van der Waals surface area contributed by atoms with Gasteiger partial charge in [-0.2, -0.15) is 0 Å². The summed E-state index contributed by atoms with van der Waals surface area (Å²) in [5.41, 5.74) is 7.34. The highest BCUT2D eigenvalue weighted by molar-refractivity contribution is 4.77. The zero-order valence-corrected chi connectivity index (χ0v) is 3.52. The highest BCUT2D eigenvalue weighted by Gasteiger charge is 1.56. The minimum Gasteiger partial charge on any atom is -0.332 e. The maximum Gasteiger partial charge on any atom is 0.0124 e. The summed E-state index contributed by atoms with van der Waals surface area (Å²) < 4.78 is 0. The fraction of sp³-hybridized carbons (Fsp3) is 0.333. The summed E-state index contributed by atoms with van der Waals surface area (Å²) in [6.45, 7) is 0.532. The van der Waals surface area contributed by atoms with Gasteiger partial charge in [0.1, 0.15) is 0 Å². The fourth-order valence-electron chi connectivity index (χ4n) is 0.136. The first-order valence-electron chi connectivity index (χ1n) is 1.73. The molecule has 0 aromatic carbocycles. The van der Waals surface area contributed by atoms with Crippen molar-refractivity contribution < 1.29 is 0 Å². The first kappa shape index (κ1) is 5.46. The minimum atomic E-state index is 0.532. The third kappa shape index (κ3) is 3.46. The van der Waals surface area contributed by atoms with E-state index >= 15 is 0 Å². The number of hydrogen-bond donors (Lipinski definition) is 3. The van der Waals surface area contributed by atoms with Gasteiger partial charge in [-0.15, -0.1) is 0 Å². The van der Waals surface area contributed by atoms with E-state index in [1.165, 1.54) is 0 Å². The molecule has 3 nitrogen and oxygen atoms in total. The molecule has 0 saturated heterocycles. The van der Waals surface area contributed by atoms with Crippen LogP contribution in [0.4, 0.5) is 0 Å². The van der Waals surface area contributed by atoms with E-state index < -0.39 is 0 Å². The first-order chi connectivity index (χ1) is 2.91. The molecule has 0 aliphatic carbocycles. The molecule has 0 saturated carbocycles. The van der Waals surface area contributed by atoms with Gasteiger partial charge in [-0.05, 0) is 0 Å². The Morgan fingerprint density at radius 3 is 2.50 bits per heavy atom. The molecule has 0 unspecified atom stereocenters. The lowest BCUT2D eigenvalue weighted by Crippen LogP contribution is -2.13. The van der Waals surface area contributed by atoms with Crippen molar-refractivity contribution in [1.29, 1.82) is 0 Å². The van der Waals surface area contributed by atoms with Gasteiger partial charge in [-0.1, -0.05) is 6.08 Å². The minimum absolute atomic E-state index is 0.532. The summed E-state index contributed by atoms with van der Waals surface area (Å²) in [6, 6.07) is 0. The molecule has 36 valence electrons. The lowest BCUT2D eigenvalue weighted by atomic mass is 10.6. The van der Waals surface area contributed by atoms with E-state index in [0.29, 0.717) is 6.54 Å². The van der Waals surface area contributed by atoms with Crippen LogP contribution in [0.25, 0.3) is 0 Å². The van der Waals surface area contributed by atoms with Gasteiger partial charge in [0, 0.05) is 12.7 Å². The Hall–Kier alpha value is -0.540. The molecule has 0 heterocycles. The summed E-state index contributed by atoms with van der Waals surface area (Å²) in [5, 5.41) is 0. The molecule has 0 rings (SSSR count). The average Bonchev–Trinajstić information content (AvgIpc) is 1.61. The molecule has 3 heteroatoms. The maximum atomic E-state index is 5.03. The van der Waals surface area contributed by atoms with E-state index in [2.05, 4.69) is 5.43 Å². The Kier molecular flexibility index (Phi) is 4.06. The second-order valence-electron chi connectivity index (χ2n) is 0.805. The smallest absolute Gasteiger partial charge is 0.0124 e. The van der Waals surface area contributed by atoms with Crippen LogP contribution in [0.15, 0.2) is 12.3 Å². The summed E-state index contributed by atoms with van der Waals surface area (Å²) in [7, 11) is 0. The van der Waals surface area contributed by atoms with Crippen molar-refractivity contribution in [2.75, 3.05) is 6.54 Å². The molecule has 0 aliphatic heterocycles. The van der Waals surface area contributed by atoms with Crippen molar-refractivity contribution in [3.63, 3.8) is 0 Å². The largest absolute Gasteiger partial charge is 0.332 e. The quantitative estimate of drug-likeness (QED) is 0.296. The summed E-state index contributed by atoms with van der Waals surface area (Å²) >= 11 is 0. The Labute approximate surface area is 37.0 Å². The van der Waals surface area contributed by atoms with E-state index in [4.69, 9.17) is 11.6 Å². The van der Waals surface area contributed by atoms with Gasteiger partial charge in [-0.3, -0.25) is 5.84 Å². The molecule has 0 atom stereocenters. The molecular formula is C3H9N3. The molecule has 0 radical (unpaired) electrons. The molecule has 5 N–H and O–H groups in total. The topological polar surface area (TPSA) is 64.1 Å². The van der Waals surface area contributed by atoms with E-state index in [9.17, 15) is 0 Å². The fourth-order valence-corrected chi connectivity index (χ4v) is 0.136. The lowest BCUT2D eigenvalue weighted by Gasteiger charge is -1.80. The highest BCUT2D eigenvalue weighted by atomic mass is 15.2. The van der Waals surface area contributed by atoms with Crippen molar-refractivity contribution in [1.82, 2.24) is 5.43 Å². The normalized spacial score (nSPS) is 9.67. The van der Waals surface area contributed by atoms with Crippen LogP contribution in [0.1, 0.15) is 0 Å². The zero-order valence-electron chi connectivity index (χ0n) is 3.52. The van der Waals surface area contributed by atoms with Crippen molar-refractivity contribution in [2.24, 2.45) is 11.6 Å². The van der Waals surface area contributed by atoms with Crippen LogP contribution in [0.3, 0.4) is 0 Å². The zero-order chi connectivity index (χ0) is 4.83. The predicted molar refractivity (Wildman–Crippen MR) is 25.5 cm³/mol. The number of hydrogen-bond acceptors (Lipinski definition) is 3. The number of nitrogens with two attached hydrogens (primary N) is 2. The monoisotopic (exact) mass is 87.1 g/mol. The molecule has 0 bridgehead atoms. The number of hydrazine groups is 1. The Morgan fingerprint density at radius 1 is 1.67 bits per heavy atom. The van der Waals surface area contributed by atoms with Crippen molar-refractivity contribution in [3.8, 4) is 0 Å². The number of rotatable bonds is 2. The second kappa shape index (κ2) is 4.46.